The lowest BCUT2D eigenvalue weighted by atomic mass is 9.83. The molecule has 1 aliphatic carbocycles. The van der Waals surface area contributed by atoms with Crippen LogP contribution in [0.1, 0.15) is 48.7 Å². The number of fused-ring (bicyclic) bond motifs is 1. The monoisotopic (exact) mass is 489 g/mol. The number of hydrogen-bond donors (Lipinski definition) is 2. The third-order valence-corrected chi connectivity index (χ3v) is 7.10. The van der Waals surface area contributed by atoms with Crippen molar-refractivity contribution in [2.45, 2.75) is 46.1 Å². The van der Waals surface area contributed by atoms with Gasteiger partial charge in [0.05, 0.1) is 21.7 Å². The molecule has 2 N–H and O–H groups in total. The summed E-state index contributed by atoms with van der Waals surface area (Å²) in [5.41, 5.74) is 4.53. The van der Waals surface area contributed by atoms with Crippen LogP contribution in [-0.4, -0.2) is 30.6 Å². The molecule has 5 rings (SSSR count). The summed E-state index contributed by atoms with van der Waals surface area (Å²) in [5, 5.41) is 13.7. The summed E-state index contributed by atoms with van der Waals surface area (Å²) in [7, 11) is 0. The van der Waals surface area contributed by atoms with Crippen LogP contribution in [-0.2, 0) is 6.54 Å². The predicted molar refractivity (Wildman–Crippen MR) is 138 cm³/mol. The molecule has 3 aromatic heterocycles. The molecule has 0 bridgehead atoms. The van der Waals surface area contributed by atoms with Gasteiger partial charge >= 0.3 is 5.97 Å². The second-order valence-corrected chi connectivity index (χ2v) is 9.97. The number of carbonyl (C=O) groups is 1. The molecule has 0 unspecified atom stereocenters. The molecule has 0 amide bonds. The standard InChI is InChI=1S/C27H28ClN5O2/c1-16-7-9-18(10-8-16)15-33-25-22(32-27(33)31-21-6-4-3-5-17(21)2)12-23(26(34)35)30-24(25)19-11-20(28)14-29-13-19/h3-6,11-14,16,18H,7-10,15H2,1-2H3,(H,31,32)(H,34,35)/t16-,18-. The number of hydrogen-bond acceptors (Lipinski definition) is 5. The van der Waals surface area contributed by atoms with Crippen LogP contribution in [0, 0.1) is 18.8 Å². The van der Waals surface area contributed by atoms with Gasteiger partial charge in [-0.3, -0.25) is 4.98 Å². The van der Waals surface area contributed by atoms with Crippen LogP contribution in [0.3, 0.4) is 0 Å². The van der Waals surface area contributed by atoms with Crippen LogP contribution in [0.15, 0.2) is 48.8 Å². The molecule has 0 saturated heterocycles. The normalized spacial score (nSPS) is 18.0. The predicted octanol–water partition coefficient (Wildman–Crippen LogP) is 6.72. The maximum absolute atomic E-state index is 11.9. The minimum Gasteiger partial charge on any atom is -0.477 e. The lowest BCUT2D eigenvalue weighted by Gasteiger charge is -2.27. The van der Waals surface area contributed by atoms with Crippen molar-refractivity contribution >= 4 is 40.2 Å². The zero-order valence-electron chi connectivity index (χ0n) is 19.8. The molecule has 8 heteroatoms. The van der Waals surface area contributed by atoms with Crippen LogP contribution < -0.4 is 5.32 Å². The van der Waals surface area contributed by atoms with Crippen LogP contribution in [0.2, 0.25) is 5.02 Å². The van der Waals surface area contributed by atoms with E-state index in [4.69, 9.17) is 16.6 Å². The molecule has 3 heterocycles. The number of aromatic carboxylic acids is 1. The molecule has 0 spiro atoms. The summed E-state index contributed by atoms with van der Waals surface area (Å²) in [6.45, 7) is 5.13. The first-order valence-corrected chi connectivity index (χ1v) is 12.3. The smallest absolute Gasteiger partial charge is 0.354 e. The number of para-hydroxylation sites is 1. The molecule has 0 radical (unpaired) electrons. The van der Waals surface area contributed by atoms with E-state index in [1.54, 1.807) is 24.5 Å². The van der Waals surface area contributed by atoms with E-state index in [-0.39, 0.29) is 5.69 Å². The molecule has 0 aliphatic heterocycles. The van der Waals surface area contributed by atoms with Gasteiger partial charge in [-0.1, -0.05) is 49.6 Å². The van der Waals surface area contributed by atoms with E-state index in [0.29, 0.717) is 33.7 Å². The van der Waals surface area contributed by atoms with Crippen molar-refractivity contribution in [1.82, 2.24) is 19.5 Å². The zero-order chi connectivity index (χ0) is 24.5. The van der Waals surface area contributed by atoms with Crippen molar-refractivity contribution in [3.05, 3.63) is 65.1 Å². The number of halogens is 1. The number of benzene rings is 1. The van der Waals surface area contributed by atoms with Crippen molar-refractivity contribution < 1.29 is 9.90 Å². The second kappa shape index (κ2) is 9.66. The molecule has 4 aromatic rings. The number of pyridine rings is 2. The Hall–Kier alpha value is -3.45. The van der Waals surface area contributed by atoms with Gasteiger partial charge in [0.2, 0.25) is 5.95 Å². The highest BCUT2D eigenvalue weighted by molar-refractivity contribution is 6.30. The Balaban J connectivity index is 1.71. The molecule has 180 valence electrons. The number of anilines is 2. The molecule has 1 fully saturated rings. The fraction of sp³-hybridized carbons (Fsp3) is 0.333. The highest BCUT2D eigenvalue weighted by Crippen LogP contribution is 2.36. The molecule has 7 nitrogen and oxygen atoms in total. The molecular weight excluding hydrogens is 462 g/mol. The number of nitrogens with zero attached hydrogens (tertiary/aromatic N) is 4. The third-order valence-electron chi connectivity index (χ3n) is 6.89. The topological polar surface area (TPSA) is 92.9 Å². The Kier molecular flexibility index (Phi) is 6.43. The van der Waals surface area contributed by atoms with E-state index >= 15 is 0 Å². The van der Waals surface area contributed by atoms with Gasteiger partial charge in [0.1, 0.15) is 0 Å². The summed E-state index contributed by atoms with van der Waals surface area (Å²) < 4.78 is 2.16. The zero-order valence-corrected chi connectivity index (χ0v) is 20.6. The SMILES string of the molecule is Cc1ccccc1Nc1nc2cc(C(=O)O)nc(-c3cncc(Cl)c3)c2n1C[C@H]1CC[C@H](C)CC1. The van der Waals surface area contributed by atoms with Gasteiger partial charge in [-0.05, 0) is 55.4 Å². The number of carboxylic acids is 1. The summed E-state index contributed by atoms with van der Waals surface area (Å²) in [4.78, 5) is 25.5. The quantitative estimate of drug-likeness (QED) is 0.312. The van der Waals surface area contributed by atoms with Gasteiger partial charge in [0.25, 0.3) is 0 Å². The lowest BCUT2D eigenvalue weighted by molar-refractivity contribution is 0.0691. The Labute approximate surface area is 209 Å². The first-order valence-electron chi connectivity index (χ1n) is 12.0. The van der Waals surface area contributed by atoms with E-state index in [2.05, 4.69) is 26.8 Å². The number of nitrogens with one attached hydrogen (secondary N) is 1. The number of aromatic nitrogens is 4. The Bertz CT molecular complexity index is 1390. The number of rotatable bonds is 6. The second-order valence-electron chi connectivity index (χ2n) is 9.53. The average Bonchev–Trinajstić information content (AvgIpc) is 3.18. The third kappa shape index (κ3) is 4.86. The fourth-order valence-corrected chi connectivity index (χ4v) is 5.06. The summed E-state index contributed by atoms with van der Waals surface area (Å²) in [6.07, 6.45) is 7.94. The highest BCUT2D eigenvalue weighted by Gasteiger charge is 2.25. The van der Waals surface area contributed by atoms with E-state index in [1.165, 1.54) is 12.8 Å². The summed E-state index contributed by atoms with van der Waals surface area (Å²) in [5.74, 6) is 0.828. The molecule has 35 heavy (non-hydrogen) atoms. The first kappa shape index (κ1) is 23.3. The molecular formula is C27H28ClN5O2. The molecule has 0 atom stereocenters. The molecule has 1 saturated carbocycles. The average molecular weight is 490 g/mol. The van der Waals surface area contributed by atoms with Gasteiger partial charge in [0, 0.05) is 30.2 Å². The summed E-state index contributed by atoms with van der Waals surface area (Å²) >= 11 is 6.25. The Morgan fingerprint density at radius 3 is 2.63 bits per heavy atom. The van der Waals surface area contributed by atoms with Crippen LogP contribution in [0.5, 0.6) is 0 Å². The Morgan fingerprint density at radius 2 is 1.91 bits per heavy atom. The van der Waals surface area contributed by atoms with Gasteiger partial charge in [-0.25, -0.2) is 14.8 Å². The minimum absolute atomic E-state index is 0.0638. The molecule has 1 aliphatic rings. The van der Waals surface area contributed by atoms with Crippen LogP contribution in [0.4, 0.5) is 11.6 Å². The minimum atomic E-state index is -1.10. The van der Waals surface area contributed by atoms with Crippen molar-refractivity contribution in [2.75, 3.05) is 5.32 Å². The van der Waals surface area contributed by atoms with Crippen LogP contribution in [0.25, 0.3) is 22.3 Å². The van der Waals surface area contributed by atoms with Crippen molar-refractivity contribution in [3.8, 4) is 11.3 Å². The van der Waals surface area contributed by atoms with E-state index < -0.39 is 5.97 Å². The highest BCUT2D eigenvalue weighted by atomic mass is 35.5. The van der Waals surface area contributed by atoms with Crippen molar-refractivity contribution in [3.63, 3.8) is 0 Å². The largest absolute Gasteiger partial charge is 0.477 e. The lowest BCUT2D eigenvalue weighted by Crippen LogP contribution is -2.19. The van der Waals surface area contributed by atoms with Gasteiger partial charge in [0.15, 0.2) is 5.69 Å². The first-order chi connectivity index (χ1) is 16.9. The fourth-order valence-electron chi connectivity index (χ4n) is 4.89. The summed E-state index contributed by atoms with van der Waals surface area (Å²) in [6, 6.07) is 11.4. The van der Waals surface area contributed by atoms with Gasteiger partial charge in [-0.2, -0.15) is 0 Å². The molecule has 1 aromatic carbocycles. The van der Waals surface area contributed by atoms with Crippen LogP contribution >= 0.6 is 11.6 Å². The van der Waals surface area contributed by atoms with Crippen molar-refractivity contribution in [2.24, 2.45) is 11.8 Å². The van der Waals surface area contributed by atoms with Crippen molar-refractivity contribution in [1.29, 1.82) is 0 Å². The number of carboxylic acid groups (broad SMARTS) is 1. The van der Waals surface area contributed by atoms with E-state index in [0.717, 1.165) is 42.1 Å². The van der Waals surface area contributed by atoms with Gasteiger partial charge < -0.3 is 15.0 Å². The maximum atomic E-state index is 11.9. The number of imidazole rings is 1. The van der Waals surface area contributed by atoms with E-state index in [1.807, 2.05) is 31.2 Å². The Morgan fingerprint density at radius 1 is 1.14 bits per heavy atom. The van der Waals surface area contributed by atoms with E-state index in [9.17, 15) is 9.90 Å². The number of aryl methyl sites for hydroxylation is 1. The maximum Gasteiger partial charge on any atom is 0.354 e. The van der Waals surface area contributed by atoms with Gasteiger partial charge in [-0.15, -0.1) is 0 Å².